The third-order valence-electron chi connectivity index (χ3n) is 14.6. The molecule has 7 atom stereocenters. The van der Waals surface area contributed by atoms with Crippen LogP contribution in [0.5, 0.6) is 0 Å². The first-order valence-electron chi connectivity index (χ1n) is 26.9. The Morgan fingerprint density at radius 1 is 0.868 bits per heavy atom. The lowest BCUT2D eigenvalue weighted by molar-refractivity contribution is -0.144. The number of aromatic amines is 1. The predicted octanol–water partition coefficient (Wildman–Crippen LogP) is 6.62. The van der Waals surface area contributed by atoms with Gasteiger partial charge in [0.15, 0.2) is 5.69 Å². The summed E-state index contributed by atoms with van der Waals surface area (Å²) in [6.45, 7) is 17.1. The maximum absolute atomic E-state index is 14.4. The van der Waals surface area contributed by atoms with Crippen LogP contribution >= 0.6 is 11.3 Å². The van der Waals surface area contributed by atoms with Crippen molar-refractivity contribution in [1.29, 1.82) is 0 Å². The largest absolute Gasteiger partial charge is 0.444 e. The van der Waals surface area contributed by atoms with Crippen molar-refractivity contribution in [3.05, 3.63) is 70.5 Å². The van der Waals surface area contributed by atoms with Gasteiger partial charge in [-0.1, -0.05) is 82.3 Å². The number of aryl methyl sites for hydroxylation is 2. The van der Waals surface area contributed by atoms with Gasteiger partial charge in [0.05, 0.1) is 40.3 Å². The molecule has 19 nitrogen and oxygen atoms in total. The van der Waals surface area contributed by atoms with Crippen LogP contribution < -0.4 is 21.3 Å². The van der Waals surface area contributed by atoms with E-state index in [1.165, 1.54) is 4.90 Å². The summed E-state index contributed by atoms with van der Waals surface area (Å²) in [7, 11) is 0. The molecule has 0 saturated carbocycles. The van der Waals surface area contributed by atoms with Gasteiger partial charge in [-0.3, -0.25) is 33.9 Å². The number of hydrogen-bond acceptors (Lipinski definition) is 12. The lowest BCUT2D eigenvalue weighted by atomic mass is 9.85. The van der Waals surface area contributed by atoms with Crippen LogP contribution in [0.1, 0.15) is 152 Å². The number of likely N-dealkylation sites (tertiary alicyclic amines) is 1. The van der Waals surface area contributed by atoms with Crippen LogP contribution in [0.15, 0.2) is 48.0 Å². The maximum Gasteiger partial charge on any atom is 0.408 e. The maximum atomic E-state index is 14.4. The molecule has 3 saturated heterocycles. The molecule has 3 aliphatic heterocycles. The van der Waals surface area contributed by atoms with Gasteiger partial charge in [0.25, 0.3) is 5.91 Å². The summed E-state index contributed by atoms with van der Waals surface area (Å²) in [5.74, 6) is -2.10. The second-order valence-electron chi connectivity index (χ2n) is 22.9. The molecule has 412 valence electrons. The molecular formula is C56H78N10O9S. The highest BCUT2D eigenvalue weighted by Crippen LogP contribution is 2.32. The Kier molecular flexibility index (Phi) is 18.6. The molecule has 0 unspecified atom stereocenters. The molecule has 20 heteroatoms. The zero-order valence-corrected chi connectivity index (χ0v) is 46.4. The number of rotatable bonds is 18. The fourth-order valence-electron chi connectivity index (χ4n) is 10.5. The first-order valence-corrected chi connectivity index (χ1v) is 27.8. The van der Waals surface area contributed by atoms with Crippen molar-refractivity contribution in [2.75, 3.05) is 26.2 Å². The minimum atomic E-state index is -1.17. The first kappa shape index (κ1) is 57.3. The van der Waals surface area contributed by atoms with Crippen molar-refractivity contribution < 1.29 is 43.4 Å². The zero-order valence-electron chi connectivity index (χ0n) is 45.6. The number of alkyl carbamates (subject to hydrolysis) is 1. The Bertz CT molecular complexity index is 2730. The summed E-state index contributed by atoms with van der Waals surface area (Å²) in [6, 6.07) is 9.23. The van der Waals surface area contributed by atoms with Crippen LogP contribution in [0.4, 0.5) is 4.79 Å². The Hall–Kier alpha value is -6.41. The van der Waals surface area contributed by atoms with Crippen LogP contribution in [0.2, 0.25) is 0 Å². The predicted molar refractivity (Wildman–Crippen MR) is 290 cm³/mol. The van der Waals surface area contributed by atoms with Crippen LogP contribution in [-0.2, 0) is 28.7 Å². The molecule has 6 N–H and O–H groups in total. The number of fused-ring (bicyclic) bond motifs is 2. The number of H-pyrrole nitrogens is 1. The number of ether oxygens (including phenoxy) is 1. The van der Waals surface area contributed by atoms with E-state index in [1.807, 2.05) is 89.5 Å². The van der Waals surface area contributed by atoms with E-state index in [1.54, 1.807) is 41.9 Å². The van der Waals surface area contributed by atoms with E-state index in [0.29, 0.717) is 43.1 Å². The van der Waals surface area contributed by atoms with E-state index in [9.17, 15) is 38.7 Å². The van der Waals surface area contributed by atoms with Gasteiger partial charge in [-0.2, -0.15) is 5.10 Å². The number of aliphatic hydroxyl groups is 1. The molecule has 0 radical (unpaired) electrons. The van der Waals surface area contributed by atoms with Gasteiger partial charge in [-0.25, -0.2) is 9.78 Å². The summed E-state index contributed by atoms with van der Waals surface area (Å²) in [5, 5.41) is 30.4. The topological polar surface area (TPSA) is 248 Å². The van der Waals surface area contributed by atoms with Crippen molar-refractivity contribution in [1.82, 2.24) is 51.1 Å². The number of thiazole rings is 1. The lowest BCUT2D eigenvalue weighted by Crippen LogP contribution is -2.61. The normalized spacial score (nSPS) is 20.8. The van der Waals surface area contributed by atoms with E-state index in [0.717, 1.165) is 59.4 Å². The molecule has 4 aromatic rings. The fourth-order valence-corrected chi connectivity index (χ4v) is 11.3. The highest BCUT2D eigenvalue weighted by Gasteiger charge is 2.47. The third-order valence-corrected chi connectivity index (χ3v) is 15.6. The molecule has 76 heavy (non-hydrogen) atoms. The number of carbonyl (C=O) groups excluding carboxylic acids is 7. The van der Waals surface area contributed by atoms with Gasteiger partial charge < -0.3 is 45.8 Å². The minimum Gasteiger partial charge on any atom is -0.444 e. The van der Waals surface area contributed by atoms with Crippen molar-refractivity contribution in [3.8, 4) is 10.4 Å². The smallest absolute Gasteiger partial charge is 0.408 e. The Balaban J connectivity index is 0.839. The molecule has 7 amide bonds. The molecule has 3 fully saturated rings. The number of β-amino-alcohol motifs (C(OH)–C–C–N with tert-alkyl or cyclic N) is 1. The molecular weight excluding hydrogens is 989 g/mol. The second-order valence-corrected chi connectivity index (χ2v) is 23.8. The molecule has 3 aliphatic rings. The summed E-state index contributed by atoms with van der Waals surface area (Å²) >= 11 is 1.57. The highest BCUT2D eigenvalue weighted by molar-refractivity contribution is 7.13. The van der Waals surface area contributed by atoms with Crippen molar-refractivity contribution in [2.24, 2.45) is 5.41 Å². The number of nitrogens with one attached hydrogen (secondary N) is 5. The molecule has 2 aromatic carbocycles. The third kappa shape index (κ3) is 14.3. The van der Waals surface area contributed by atoms with Gasteiger partial charge in [0.2, 0.25) is 29.5 Å². The van der Waals surface area contributed by atoms with E-state index in [4.69, 9.17) is 4.74 Å². The van der Waals surface area contributed by atoms with Crippen LogP contribution in [0, 0.1) is 19.3 Å². The number of hydrogen-bond donors (Lipinski definition) is 6. The number of nitrogens with zero attached hydrogens (tertiary/aromatic N) is 5. The van der Waals surface area contributed by atoms with E-state index in [2.05, 4.69) is 36.4 Å². The van der Waals surface area contributed by atoms with E-state index < -0.39 is 59.2 Å². The van der Waals surface area contributed by atoms with Gasteiger partial charge in [-0.05, 0) is 102 Å². The number of aromatic nitrogens is 3. The number of benzene rings is 2. The number of carbonyl (C=O) groups is 7. The summed E-state index contributed by atoms with van der Waals surface area (Å²) in [6.07, 6.45) is 4.83. The van der Waals surface area contributed by atoms with Gasteiger partial charge in [0, 0.05) is 43.9 Å². The number of aliphatic hydroxyl groups excluding tert-OH is 1. The average molecular weight is 1070 g/mol. The highest BCUT2D eigenvalue weighted by atomic mass is 32.1. The van der Waals surface area contributed by atoms with Crippen LogP contribution in [0.3, 0.4) is 0 Å². The molecule has 0 aliphatic carbocycles. The first-order chi connectivity index (χ1) is 36.0. The van der Waals surface area contributed by atoms with Crippen LogP contribution in [-0.4, -0.2) is 145 Å². The monoisotopic (exact) mass is 1070 g/mol. The van der Waals surface area contributed by atoms with Crippen molar-refractivity contribution in [2.45, 2.75) is 181 Å². The van der Waals surface area contributed by atoms with Gasteiger partial charge in [-0.15, -0.1) is 11.3 Å². The van der Waals surface area contributed by atoms with Crippen LogP contribution in [0.25, 0.3) is 21.3 Å². The number of unbranched alkanes of at least 4 members (excludes halogenated alkanes) is 5. The van der Waals surface area contributed by atoms with Crippen molar-refractivity contribution in [3.63, 3.8) is 0 Å². The van der Waals surface area contributed by atoms with Gasteiger partial charge >= 0.3 is 6.09 Å². The summed E-state index contributed by atoms with van der Waals surface area (Å²) in [4.78, 5) is 107. The van der Waals surface area contributed by atoms with Crippen molar-refractivity contribution >= 4 is 63.8 Å². The summed E-state index contributed by atoms with van der Waals surface area (Å²) in [5.41, 5.74) is 5.11. The Labute approximate surface area is 450 Å². The lowest BCUT2D eigenvalue weighted by Gasteiger charge is -2.38. The molecule has 2 aromatic heterocycles. The Morgan fingerprint density at radius 2 is 1.58 bits per heavy atom. The summed E-state index contributed by atoms with van der Waals surface area (Å²) < 4.78 is 5.52. The molecule has 0 spiro atoms. The quantitative estimate of drug-likeness (QED) is 0.0578. The molecule has 5 heterocycles. The van der Waals surface area contributed by atoms with E-state index >= 15 is 0 Å². The zero-order chi connectivity index (χ0) is 55.1. The molecule has 0 bridgehead atoms. The number of amides is 7. The Morgan fingerprint density at radius 3 is 2.26 bits per heavy atom. The van der Waals surface area contributed by atoms with E-state index in [-0.39, 0.29) is 73.9 Å². The minimum absolute atomic E-state index is 0.00957. The standard InChI is InChI=1S/C56H78N10O9S/c1-33-17-23-41-40(28-33)46(63-62-41)52(72)64-27-25-38-22-24-43(66(38)51(71)42(31-64)60-54(74)75-56(7,8)9)49(69)57-26-15-13-11-10-12-14-16-45(68)61-48(55(4,5)6)53(73)65-30-39(67)29-44(65)50(70)59-34(2)36-18-20-37(21-19-36)47-35(3)58-32-76-47/h17-21,23,28,32,34,38-39,42-44,48,67H,10-16,22,24-27,29-31H2,1-9H3,(H,57,69)(H,59,70)(H,60,74)(H,61,68)(H,62,63)/t34-,38+,39+,42-,43-,44-,48+/m0/s1. The second kappa shape index (κ2) is 24.7. The molecule has 7 rings (SSSR count). The van der Waals surface area contributed by atoms with Gasteiger partial charge in [0.1, 0.15) is 29.8 Å². The fraction of sp³-hybridized carbons (Fsp3) is 0.589. The average Bonchev–Trinajstić information content (AvgIpc) is 4.18. The SMILES string of the molecule is Cc1ccc2[nH]nc(C(=O)N3CC[C@H]4CC[C@@H](C(=O)NCCCCCCCCC(=O)N[C@H](C(=O)N5C[C@H](O)C[C@H]5C(=O)N[C@@H](C)c5ccc(-c6scnc6C)cc5)C(C)(C)C)N4C(=O)[C@@H](NC(=O)OC(C)(C)C)C3)c2c1.